The zero-order valence-corrected chi connectivity index (χ0v) is 17.1. The van der Waals surface area contributed by atoms with Gasteiger partial charge in [-0.05, 0) is 50.0 Å². The van der Waals surface area contributed by atoms with Gasteiger partial charge in [-0.15, -0.1) is 0 Å². The molecule has 0 aliphatic heterocycles. The molecule has 1 N–H and O–H groups in total. The van der Waals surface area contributed by atoms with Gasteiger partial charge in [-0.1, -0.05) is 29.8 Å². The lowest BCUT2D eigenvalue weighted by Crippen LogP contribution is -2.34. The summed E-state index contributed by atoms with van der Waals surface area (Å²) in [6.45, 7) is 0.118. The van der Waals surface area contributed by atoms with Gasteiger partial charge < -0.3 is 4.90 Å². The Morgan fingerprint density at radius 3 is 2.00 bits per heavy atom. The largest absolute Gasteiger partial charge is 0.301 e. The van der Waals surface area contributed by atoms with Crippen LogP contribution in [0.4, 0.5) is 0 Å². The first-order chi connectivity index (χ1) is 12.0. The Morgan fingerprint density at radius 1 is 0.962 bits per heavy atom. The minimum absolute atomic E-state index is 0.00145. The van der Waals surface area contributed by atoms with E-state index < -0.39 is 19.9 Å². The number of halogens is 1. The van der Waals surface area contributed by atoms with Crippen LogP contribution in [-0.2, 0) is 19.9 Å². The molecular formula is C17H21ClN2O4S2. The molecule has 0 heterocycles. The molecule has 0 bridgehead atoms. The highest BCUT2D eigenvalue weighted by Gasteiger charge is 2.21. The van der Waals surface area contributed by atoms with Crippen LogP contribution in [-0.4, -0.2) is 48.6 Å². The highest BCUT2D eigenvalue weighted by molar-refractivity contribution is 7.90. The summed E-state index contributed by atoms with van der Waals surface area (Å²) >= 11 is 6.23. The molecule has 0 aliphatic carbocycles. The molecule has 0 aromatic heterocycles. The molecule has 9 heteroatoms. The van der Waals surface area contributed by atoms with Gasteiger partial charge in [0, 0.05) is 23.9 Å². The van der Waals surface area contributed by atoms with Gasteiger partial charge in [-0.25, -0.2) is 21.6 Å². The molecule has 0 spiro atoms. The van der Waals surface area contributed by atoms with Crippen molar-refractivity contribution in [2.75, 3.05) is 26.9 Å². The number of sulfonamides is 1. The summed E-state index contributed by atoms with van der Waals surface area (Å²) in [6, 6.07) is 12.1. The van der Waals surface area contributed by atoms with Crippen molar-refractivity contribution >= 4 is 31.5 Å². The molecular weight excluding hydrogens is 396 g/mol. The summed E-state index contributed by atoms with van der Waals surface area (Å²) in [5, 5.41) is 0.558. The van der Waals surface area contributed by atoms with Crippen molar-refractivity contribution in [2.45, 2.75) is 15.8 Å². The number of hydrogen-bond donors (Lipinski definition) is 1. The fourth-order valence-electron chi connectivity index (χ4n) is 2.45. The van der Waals surface area contributed by atoms with Crippen molar-refractivity contribution in [3.8, 4) is 0 Å². The van der Waals surface area contributed by atoms with Crippen LogP contribution >= 0.6 is 11.6 Å². The summed E-state index contributed by atoms with van der Waals surface area (Å²) < 4.78 is 50.6. The van der Waals surface area contributed by atoms with Crippen molar-refractivity contribution in [3.63, 3.8) is 0 Å². The van der Waals surface area contributed by atoms with E-state index >= 15 is 0 Å². The van der Waals surface area contributed by atoms with Gasteiger partial charge in [0.1, 0.15) is 0 Å². The monoisotopic (exact) mass is 416 g/mol. The van der Waals surface area contributed by atoms with E-state index in [0.29, 0.717) is 5.02 Å². The average Bonchev–Trinajstić information content (AvgIpc) is 2.55. The highest BCUT2D eigenvalue weighted by Crippen LogP contribution is 2.26. The molecule has 0 unspecified atom stereocenters. The quantitative estimate of drug-likeness (QED) is 0.748. The normalized spacial score (nSPS) is 13.7. The maximum Gasteiger partial charge on any atom is 0.240 e. The molecule has 2 rings (SSSR count). The van der Waals surface area contributed by atoms with E-state index in [2.05, 4.69) is 4.72 Å². The Balaban J connectivity index is 2.21. The Morgan fingerprint density at radius 2 is 1.50 bits per heavy atom. The second-order valence-corrected chi connectivity index (χ2v) is 10.3. The molecule has 0 saturated carbocycles. The fraction of sp³-hybridized carbons (Fsp3) is 0.294. The number of likely N-dealkylation sites (N-methyl/N-ethyl adjacent to an activating group) is 1. The Kier molecular flexibility index (Phi) is 6.46. The molecule has 0 aliphatic rings. The smallest absolute Gasteiger partial charge is 0.240 e. The molecule has 6 nitrogen and oxygen atoms in total. The lowest BCUT2D eigenvalue weighted by Gasteiger charge is -2.26. The third-order valence-electron chi connectivity index (χ3n) is 3.92. The molecule has 0 saturated heterocycles. The first kappa shape index (κ1) is 20.9. The first-order valence-electron chi connectivity index (χ1n) is 7.73. The number of nitrogens with one attached hydrogen (secondary N) is 1. The molecule has 0 radical (unpaired) electrons. The predicted octanol–water partition coefficient (Wildman–Crippen LogP) is 2.32. The van der Waals surface area contributed by atoms with E-state index in [0.717, 1.165) is 11.8 Å². The van der Waals surface area contributed by atoms with E-state index in [9.17, 15) is 16.8 Å². The lowest BCUT2D eigenvalue weighted by molar-refractivity contribution is 0.299. The van der Waals surface area contributed by atoms with Crippen molar-refractivity contribution in [3.05, 3.63) is 59.1 Å². The van der Waals surface area contributed by atoms with Gasteiger partial charge in [0.25, 0.3) is 0 Å². The van der Waals surface area contributed by atoms with E-state index in [-0.39, 0.29) is 22.4 Å². The minimum Gasteiger partial charge on any atom is -0.301 e. The van der Waals surface area contributed by atoms with Crippen LogP contribution in [0.2, 0.25) is 5.02 Å². The summed E-state index contributed by atoms with van der Waals surface area (Å²) in [6.07, 6.45) is 1.07. The first-order valence-corrected chi connectivity index (χ1v) is 11.5. The summed E-state index contributed by atoms with van der Waals surface area (Å²) in [5.41, 5.74) is 0.814. The summed E-state index contributed by atoms with van der Waals surface area (Å²) in [4.78, 5) is 1.94. The van der Waals surface area contributed by atoms with Gasteiger partial charge in [0.15, 0.2) is 9.84 Å². The maximum absolute atomic E-state index is 12.5. The topological polar surface area (TPSA) is 83.6 Å². The number of rotatable bonds is 7. The van der Waals surface area contributed by atoms with Crippen molar-refractivity contribution in [1.29, 1.82) is 0 Å². The second-order valence-electron chi connectivity index (χ2n) is 6.10. The number of nitrogens with zero attached hydrogens (tertiary/aromatic N) is 1. The van der Waals surface area contributed by atoms with E-state index in [1.807, 2.05) is 37.2 Å². The second kappa shape index (κ2) is 8.06. The minimum atomic E-state index is -3.79. The van der Waals surface area contributed by atoms with Crippen LogP contribution < -0.4 is 4.72 Å². The third kappa shape index (κ3) is 5.05. The molecule has 26 heavy (non-hydrogen) atoms. The van der Waals surface area contributed by atoms with Crippen LogP contribution in [0.1, 0.15) is 11.6 Å². The van der Waals surface area contributed by atoms with Crippen LogP contribution in [0, 0.1) is 0 Å². The molecule has 142 valence electrons. The van der Waals surface area contributed by atoms with E-state index in [4.69, 9.17) is 11.6 Å². The Labute approximate surface area is 159 Å². The van der Waals surface area contributed by atoms with Gasteiger partial charge >= 0.3 is 0 Å². The van der Waals surface area contributed by atoms with Crippen LogP contribution in [0.15, 0.2) is 58.3 Å². The predicted molar refractivity (Wildman–Crippen MR) is 103 cm³/mol. The van der Waals surface area contributed by atoms with Gasteiger partial charge in [-0.3, -0.25) is 0 Å². The van der Waals surface area contributed by atoms with Crippen LogP contribution in [0.5, 0.6) is 0 Å². The average molecular weight is 417 g/mol. The Hall–Kier alpha value is -1.45. The van der Waals surface area contributed by atoms with E-state index in [1.54, 1.807) is 6.07 Å². The zero-order valence-electron chi connectivity index (χ0n) is 14.7. The molecule has 2 aromatic carbocycles. The van der Waals surface area contributed by atoms with Crippen molar-refractivity contribution < 1.29 is 16.8 Å². The fourth-order valence-corrected chi connectivity index (χ4v) is 4.38. The summed E-state index contributed by atoms with van der Waals surface area (Å²) in [7, 11) is -3.49. The number of hydrogen-bond acceptors (Lipinski definition) is 5. The van der Waals surface area contributed by atoms with Crippen molar-refractivity contribution in [2.24, 2.45) is 0 Å². The molecule has 0 fully saturated rings. The Bertz CT molecular complexity index is 972. The third-order valence-corrected chi connectivity index (χ3v) is 6.83. The summed E-state index contributed by atoms with van der Waals surface area (Å²) in [5.74, 6) is 0. The molecule has 1 atom stereocenters. The highest BCUT2D eigenvalue weighted by atomic mass is 35.5. The molecule has 2 aromatic rings. The zero-order chi connectivity index (χ0) is 19.5. The van der Waals surface area contributed by atoms with Gasteiger partial charge in [0.05, 0.1) is 9.79 Å². The lowest BCUT2D eigenvalue weighted by atomic mass is 10.1. The van der Waals surface area contributed by atoms with Crippen LogP contribution in [0.3, 0.4) is 0 Å². The molecule has 0 amide bonds. The SMILES string of the molecule is CN(C)[C@@H](CNS(=O)(=O)c1ccc(S(C)(=O)=O)cc1)c1ccccc1Cl. The standard InChI is InChI=1S/C17H21ClN2O4S2/c1-20(2)17(15-6-4-5-7-16(15)18)12-19-26(23,24)14-10-8-13(9-11-14)25(3,21)22/h4-11,17,19H,12H2,1-3H3/t17-/m0/s1. The van der Waals surface area contributed by atoms with Crippen molar-refractivity contribution in [1.82, 2.24) is 9.62 Å². The maximum atomic E-state index is 12.5. The number of sulfone groups is 1. The van der Waals surface area contributed by atoms with Gasteiger partial charge in [-0.2, -0.15) is 0 Å². The van der Waals surface area contributed by atoms with Gasteiger partial charge in [0.2, 0.25) is 10.0 Å². The van der Waals surface area contributed by atoms with E-state index in [1.165, 1.54) is 24.3 Å². The van der Waals surface area contributed by atoms with Crippen LogP contribution in [0.25, 0.3) is 0 Å². The number of benzene rings is 2.